The van der Waals surface area contributed by atoms with Gasteiger partial charge in [0.05, 0.1) is 0 Å². The van der Waals surface area contributed by atoms with Gasteiger partial charge < -0.3 is 0 Å². The Labute approximate surface area is 142 Å². The van der Waals surface area contributed by atoms with Crippen LogP contribution in [0.3, 0.4) is 0 Å². The fourth-order valence-electron chi connectivity index (χ4n) is 3.07. The number of carbonyl (C=O) groups is 4. The molecule has 0 spiro atoms. The summed E-state index contributed by atoms with van der Waals surface area (Å²) in [4.78, 5) is 49.8. The quantitative estimate of drug-likeness (QED) is 0.454. The largest absolute Gasteiger partial charge is 0.269 e. The zero-order valence-electron chi connectivity index (χ0n) is 14.1. The maximum Gasteiger partial charge on any atom is 0.255 e. The second-order valence-corrected chi connectivity index (χ2v) is 6.15. The molecule has 24 heavy (non-hydrogen) atoms. The number of rotatable bonds is 10. The Hall–Kier alpha value is -2.24. The highest BCUT2D eigenvalue weighted by Crippen LogP contribution is 2.22. The van der Waals surface area contributed by atoms with E-state index in [9.17, 15) is 19.2 Å². The van der Waals surface area contributed by atoms with Crippen molar-refractivity contribution in [1.29, 1.82) is 0 Å². The molecular formula is C18H24N2O4. The molecule has 2 aliphatic heterocycles. The Bertz CT molecular complexity index is 502. The van der Waals surface area contributed by atoms with E-state index < -0.39 is 29.8 Å². The van der Waals surface area contributed by atoms with Crippen LogP contribution in [-0.2, 0) is 19.2 Å². The van der Waals surface area contributed by atoms with E-state index in [0.717, 1.165) is 35.5 Å². The second-order valence-electron chi connectivity index (χ2n) is 6.15. The van der Waals surface area contributed by atoms with Gasteiger partial charge in [-0.05, 0) is 12.8 Å². The summed E-state index contributed by atoms with van der Waals surface area (Å²) in [6.07, 6.45) is 11.9. The molecule has 6 heteroatoms. The molecule has 0 atom stereocenters. The minimum absolute atomic E-state index is 0.423. The van der Waals surface area contributed by atoms with Gasteiger partial charge in [-0.2, -0.15) is 0 Å². The topological polar surface area (TPSA) is 74.8 Å². The van der Waals surface area contributed by atoms with Gasteiger partial charge in [-0.15, -0.1) is 0 Å². The van der Waals surface area contributed by atoms with Crippen molar-refractivity contribution in [3.05, 3.63) is 24.3 Å². The van der Waals surface area contributed by atoms with Gasteiger partial charge in [0.15, 0.2) is 0 Å². The third-order valence-electron chi connectivity index (χ3n) is 4.35. The lowest BCUT2D eigenvalue weighted by molar-refractivity contribution is -0.152. The minimum atomic E-state index is -0.828. The molecule has 0 aromatic heterocycles. The average molecular weight is 332 g/mol. The molecule has 6 nitrogen and oxygen atoms in total. The number of hydrogen-bond acceptors (Lipinski definition) is 4. The summed E-state index contributed by atoms with van der Waals surface area (Å²) in [5, 5.41) is 0. The Balaban J connectivity index is 1.94. The van der Waals surface area contributed by atoms with Crippen molar-refractivity contribution in [2.75, 3.05) is 0 Å². The highest BCUT2D eigenvalue weighted by Gasteiger charge is 2.40. The van der Waals surface area contributed by atoms with Crippen molar-refractivity contribution < 1.29 is 19.2 Å². The van der Waals surface area contributed by atoms with E-state index in [4.69, 9.17) is 0 Å². The van der Waals surface area contributed by atoms with E-state index in [1.165, 1.54) is 43.6 Å². The summed E-state index contributed by atoms with van der Waals surface area (Å²) in [5.74, 6) is -1.89. The molecule has 0 radical (unpaired) electrons. The number of hydrogen-bond donors (Lipinski definition) is 0. The van der Waals surface area contributed by atoms with Crippen LogP contribution < -0.4 is 0 Å². The Morgan fingerprint density at radius 2 is 1.04 bits per heavy atom. The van der Waals surface area contributed by atoms with E-state index in [1.54, 1.807) is 0 Å². The van der Waals surface area contributed by atoms with Crippen LogP contribution in [0.1, 0.15) is 58.3 Å². The lowest BCUT2D eigenvalue weighted by Crippen LogP contribution is -2.53. The lowest BCUT2D eigenvalue weighted by atomic mass is 10.1. The Morgan fingerprint density at radius 1 is 0.667 bits per heavy atom. The van der Waals surface area contributed by atoms with Gasteiger partial charge in [0.1, 0.15) is 6.17 Å². The normalized spacial score (nSPS) is 17.2. The van der Waals surface area contributed by atoms with Crippen LogP contribution in [0.5, 0.6) is 0 Å². The summed E-state index contributed by atoms with van der Waals surface area (Å²) in [7, 11) is 0. The molecule has 0 bridgehead atoms. The second kappa shape index (κ2) is 8.57. The first-order chi connectivity index (χ1) is 11.6. The van der Waals surface area contributed by atoms with Crippen LogP contribution in [-0.4, -0.2) is 39.6 Å². The highest BCUT2D eigenvalue weighted by molar-refractivity contribution is 6.16. The first kappa shape index (κ1) is 18.1. The summed E-state index contributed by atoms with van der Waals surface area (Å²) >= 11 is 0. The van der Waals surface area contributed by atoms with Crippen molar-refractivity contribution in [1.82, 2.24) is 9.80 Å². The van der Waals surface area contributed by atoms with Gasteiger partial charge in [-0.3, -0.25) is 29.0 Å². The van der Waals surface area contributed by atoms with Crippen molar-refractivity contribution in [2.45, 2.75) is 64.5 Å². The molecule has 0 saturated carbocycles. The van der Waals surface area contributed by atoms with Crippen LogP contribution in [0.15, 0.2) is 24.3 Å². The third-order valence-corrected chi connectivity index (χ3v) is 4.35. The standard InChI is InChI=1S/C18H24N2O4/c1-2-3-4-5-6-7-8-9-14(19-15(21)10-11-16(19)22)20-17(23)12-13-18(20)24/h10-14H,2-9H2,1H3. The highest BCUT2D eigenvalue weighted by atomic mass is 16.2. The monoisotopic (exact) mass is 332 g/mol. The molecule has 0 N–H and O–H groups in total. The summed E-state index contributed by atoms with van der Waals surface area (Å²) in [6, 6.07) is 0. The number of imide groups is 2. The molecule has 0 aliphatic carbocycles. The molecule has 0 fully saturated rings. The van der Waals surface area contributed by atoms with Crippen molar-refractivity contribution >= 4 is 23.6 Å². The molecule has 2 rings (SSSR count). The minimum Gasteiger partial charge on any atom is -0.269 e. The van der Waals surface area contributed by atoms with Crippen LogP contribution in [0, 0.1) is 0 Å². The fourth-order valence-corrected chi connectivity index (χ4v) is 3.07. The molecule has 2 heterocycles. The van der Waals surface area contributed by atoms with Crippen molar-refractivity contribution in [2.24, 2.45) is 0 Å². The summed E-state index contributed by atoms with van der Waals surface area (Å²) < 4.78 is 0. The lowest BCUT2D eigenvalue weighted by Gasteiger charge is -2.32. The molecule has 130 valence electrons. The van der Waals surface area contributed by atoms with Gasteiger partial charge in [0, 0.05) is 24.3 Å². The number of nitrogens with zero attached hydrogens (tertiary/aromatic N) is 2. The summed E-state index contributed by atoms with van der Waals surface area (Å²) in [5.41, 5.74) is 0. The molecule has 0 aromatic carbocycles. The Morgan fingerprint density at radius 3 is 1.46 bits per heavy atom. The van der Waals surface area contributed by atoms with Gasteiger partial charge in [-0.25, -0.2) is 0 Å². The smallest absolute Gasteiger partial charge is 0.255 e. The average Bonchev–Trinajstić information content (AvgIpc) is 3.06. The number of carbonyl (C=O) groups excluding carboxylic acids is 4. The van der Waals surface area contributed by atoms with Crippen LogP contribution in [0.2, 0.25) is 0 Å². The van der Waals surface area contributed by atoms with E-state index >= 15 is 0 Å². The first-order valence-corrected chi connectivity index (χ1v) is 8.66. The van der Waals surface area contributed by atoms with E-state index in [2.05, 4.69) is 6.92 Å². The van der Waals surface area contributed by atoms with Crippen molar-refractivity contribution in [3.63, 3.8) is 0 Å². The van der Waals surface area contributed by atoms with Gasteiger partial charge >= 0.3 is 0 Å². The number of unbranched alkanes of at least 4 members (excludes halogenated alkanes) is 6. The number of amides is 4. The Kier molecular flexibility index (Phi) is 6.46. The predicted octanol–water partition coefficient (Wildman–Crippen LogP) is 2.30. The predicted molar refractivity (Wildman–Crippen MR) is 88.4 cm³/mol. The first-order valence-electron chi connectivity index (χ1n) is 8.66. The molecular weight excluding hydrogens is 308 g/mol. The third kappa shape index (κ3) is 4.19. The maximum absolute atomic E-state index is 12.0. The van der Waals surface area contributed by atoms with E-state index in [-0.39, 0.29) is 0 Å². The van der Waals surface area contributed by atoms with E-state index in [0.29, 0.717) is 6.42 Å². The SMILES string of the molecule is CCCCCCCCCC(N1C(=O)C=CC1=O)N1C(=O)C=CC1=O. The molecule has 4 amide bonds. The van der Waals surface area contributed by atoms with E-state index in [1.807, 2.05) is 0 Å². The zero-order chi connectivity index (χ0) is 17.5. The van der Waals surface area contributed by atoms with Crippen LogP contribution in [0.4, 0.5) is 0 Å². The van der Waals surface area contributed by atoms with Gasteiger partial charge in [0.2, 0.25) is 0 Å². The van der Waals surface area contributed by atoms with Gasteiger partial charge in [-0.1, -0.05) is 45.4 Å². The molecule has 0 saturated heterocycles. The van der Waals surface area contributed by atoms with Gasteiger partial charge in [0.25, 0.3) is 23.6 Å². The molecule has 0 unspecified atom stereocenters. The molecule has 0 aromatic rings. The fraction of sp³-hybridized carbons (Fsp3) is 0.556. The van der Waals surface area contributed by atoms with Crippen molar-refractivity contribution in [3.8, 4) is 0 Å². The maximum atomic E-state index is 12.0. The zero-order valence-corrected chi connectivity index (χ0v) is 14.1. The molecule has 2 aliphatic rings. The summed E-state index contributed by atoms with van der Waals surface area (Å²) in [6.45, 7) is 2.17. The van der Waals surface area contributed by atoms with Crippen LogP contribution in [0.25, 0.3) is 0 Å². The van der Waals surface area contributed by atoms with Crippen LogP contribution >= 0.6 is 0 Å².